The van der Waals surface area contributed by atoms with Gasteiger partial charge in [0, 0.05) is 20.7 Å². The second-order valence-electron chi connectivity index (χ2n) is 5.30. The Balaban J connectivity index is 1.89. The van der Waals surface area contributed by atoms with Gasteiger partial charge in [-0.1, -0.05) is 66.4 Å². The first-order chi connectivity index (χ1) is 11.3. The largest absolute Gasteiger partial charge is 0.354 e. The number of hydrogen-bond donors (Lipinski definition) is 1. The Labute approximate surface area is 138 Å². The van der Waals surface area contributed by atoms with Crippen LogP contribution < -0.4 is 0 Å². The molecule has 0 unspecified atom stereocenters. The standard InChI is InChI=1S/C20H14FNS/c21-15-9-6-10-16(13-15)23-20-17-11-4-5-12-18(17)22-19(20)14-7-2-1-3-8-14/h1-13,22H. The van der Waals surface area contributed by atoms with Gasteiger partial charge in [0.1, 0.15) is 5.82 Å². The third-order valence-electron chi connectivity index (χ3n) is 3.74. The molecule has 0 amide bonds. The van der Waals surface area contributed by atoms with E-state index < -0.39 is 0 Å². The molecule has 0 aliphatic heterocycles. The molecule has 4 aromatic rings. The average Bonchev–Trinajstić information content (AvgIpc) is 2.95. The lowest BCUT2D eigenvalue weighted by molar-refractivity contribution is 0.624. The molecule has 0 radical (unpaired) electrons. The maximum Gasteiger partial charge on any atom is 0.124 e. The van der Waals surface area contributed by atoms with Gasteiger partial charge in [0.05, 0.1) is 5.69 Å². The summed E-state index contributed by atoms with van der Waals surface area (Å²) in [7, 11) is 0. The number of fused-ring (bicyclic) bond motifs is 1. The van der Waals surface area contributed by atoms with Crippen LogP contribution in [0.3, 0.4) is 0 Å². The zero-order valence-corrected chi connectivity index (χ0v) is 13.1. The molecule has 1 N–H and O–H groups in total. The lowest BCUT2D eigenvalue weighted by atomic mass is 10.1. The quantitative estimate of drug-likeness (QED) is 0.480. The van der Waals surface area contributed by atoms with E-state index in [0.29, 0.717) is 0 Å². The van der Waals surface area contributed by atoms with Crippen molar-refractivity contribution < 1.29 is 4.39 Å². The van der Waals surface area contributed by atoms with E-state index in [-0.39, 0.29) is 5.82 Å². The van der Waals surface area contributed by atoms with E-state index in [1.54, 1.807) is 23.9 Å². The predicted octanol–water partition coefficient (Wildman–Crippen LogP) is 6.13. The fourth-order valence-corrected chi connectivity index (χ4v) is 3.79. The average molecular weight is 319 g/mol. The molecular weight excluding hydrogens is 305 g/mol. The van der Waals surface area contributed by atoms with E-state index in [2.05, 4.69) is 29.2 Å². The van der Waals surface area contributed by atoms with E-state index in [9.17, 15) is 4.39 Å². The zero-order valence-electron chi connectivity index (χ0n) is 12.3. The Morgan fingerprint density at radius 2 is 1.57 bits per heavy atom. The summed E-state index contributed by atoms with van der Waals surface area (Å²) in [5.41, 5.74) is 3.29. The first-order valence-corrected chi connectivity index (χ1v) is 8.22. The van der Waals surface area contributed by atoms with Gasteiger partial charge in [-0.2, -0.15) is 0 Å². The molecule has 0 aliphatic rings. The topological polar surface area (TPSA) is 15.8 Å². The Hall–Kier alpha value is -2.52. The van der Waals surface area contributed by atoms with Crippen LogP contribution in [0.4, 0.5) is 4.39 Å². The molecule has 3 aromatic carbocycles. The molecule has 1 nitrogen and oxygen atoms in total. The number of benzene rings is 3. The van der Waals surface area contributed by atoms with Crippen molar-refractivity contribution in [1.29, 1.82) is 0 Å². The van der Waals surface area contributed by atoms with Crippen LogP contribution in [0.5, 0.6) is 0 Å². The van der Waals surface area contributed by atoms with Crippen LogP contribution in [-0.2, 0) is 0 Å². The predicted molar refractivity (Wildman–Crippen MR) is 94.3 cm³/mol. The van der Waals surface area contributed by atoms with E-state index in [1.807, 2.05) is 36.4 Å². The highest BCUT2D eigenvalue weighted by Crippen LogP contribution is 2.41. The number of para-hydroxylation sites is 1. The highest BCUT2D eigenvalue weighted by molar-refractivity contribution is 7.99. The highest BCUT2D eigenvalue weighted by atomic mass is 32.2. The van der Waals surface area contributed by atoms with E-state index in [4.69, 9.17) is 0 Å². The zero-order chi connectivity index (χ0) is 15.6. The fourth-order valence-electron chi connectivity index (χ4n) is 2.68. The van der Waals surface area contributed by atoms with Crippen LogP contribution in [-0.4, -0.2) is 4.98 Å². The first-order valence-electron chi connectivity index (χ1n) is 7.41. The molecule has 23 heavy (non-hydrogen) atoms. The summed E-state index contributed by atoms with van der Waals surface area (Å²) in [6.07, 6.45) is 0. The number of hydrogen-bond acceptors (Lipinski definition) is 1. The maximum atomic E-state index is 13.5. The second kappa shape index (κ2) is 5.94. The number of halogens is 1. The van der Waals surface area contributed by atoms with Crippen LogP contribution in [0.2, 0.25) is 0 Å². The van der Waals surface area contributed by atoms with Crippen LogP contribution >= 0.6 is 11.8 Å². The summed E-state index contributed by atoms with van der Waals surface area (Å²) in [6.45, 7) is 0. The first kappa shape index (κ1) is 14.1. The SMILES string of the molecule is Fc1cccc(Sc2c(-c3ccccc3)[nH]c3ccccc23)c1. The molecular formula is C20H14FNS. The summed E-state index contributed by atoms with van der Waals surface area (Å²) < 4.78 is 13.5. The van der Waals surface area contributed by atoms with Crippen molar-refractivity contribution in [1.82, 2.24) is 4.98 Å². The molecule has 0 bridgehead atoms. The van der Waals surface area contributed by atoms with Crippen LogP contribution in [0.1, 0.15) is 0 Å². The van der Waals surface area contributed by atoms with Crippen LogP contribution in [0.25, 0.3) is 22.2 Å². The molecule has 0 atom stereocenters. The molecule has 3 heteroatoms. The van der Waals surface area contributed by atoms with Crippen molar-refractivity contribution in [3.05, 3.63) is 84.7 Å². The van der Waals surface area contributed by atoms with E-state index in [0.717, 1.165) is 32.0 Å². The van der Waals surface area contributed by atoms with Gasteiger partial charge in [-0.15, -0.1) is 0 Å². The van der Waals surface area contributed by atoms with Gasteiger partial charge in [-0.3, -0.25) is 0 Å². The Morgan fingerprint density at radius 1 is 0.783 bits per heavy atom. The molecule has 112 valence electrons. The number of nitrogens with one attached hydrogen (secondary N) is 1. The molecule has 4 rings (SSSR count). The van der Waals surface area contributed by atoms with Gasteiger partial charge < -0.3 is 4.98 Å². The Kier molecular flexibility index (Phi) is 3.64. The molecule has 1 aromatic heterocycles. The minimum absolute atomic E-state index is 0.212. The van der Waals surface area contributed by atoms with E-state index in [1.165, 1.54) is 6.07 Å². The minimum Gasteiger partial charge on any atom is -0.354 e. The van der Waals surface area contributed by atoms with Gasteiger partial charge in [-0.05, 0) is 29.8 Å². The fraction of sp³-hybridized carbons (Fsp3) is 0. The van der Waals surface area contributed by atoms with Crippen molar-refractivity contribution in [2.45, 2.75) is 9.79 Å². The molecule has 1 heterocycles. The van der Waals surface area contributed by atoms with Crippen LogP contribution in [0, 0.1) is 5.82 Å². The van der Waals surface area contributed by atoms with Gasteiger partial charge in [-0.25, -0.2) is 4.39 Å². The lowest BCUT2D eigenvalue weighted by Gasteiger charge is -2.05. The highest BCUT2D eigenvalue weighted by Gasteiger charge is 2.14. The molecule has 0 saturated heterocycles. The molecule has 0 saturated carbocycles. The summed E-state index contributed by atoms with van der Waals surface area (Å²) in [4.78, 5) is 5.52. The van der Waals surface area contributed by atoms with Crippen molar-refractivity contribution in [2.75, 3.05) is 0 Å². The second-order valence-corrected chi connectivity index (χ2v) is 6.38. The number of H-pyrrole nitrogens is 1. The number of aromatic amines is 1. The Morgan fingerprint density at radius 3 is 2.39 bits per heavy atom. The van der Waals surface area contributed by atoms with Crippen molar-refractivity contribution in [3.63, 3.8) is 0 Å². The van der Waals surface area contributed by atoms with Gasteiger partial charge in [0.2, 0.25) is 0 Å². The third-order valence-corrected chi connectivity index (χ3v) is 4.85. The van der Waals surface area contributed by atoms with Gasteiger partial charge in [0.15, 0.2) is 0 Å². The lowest BCUT2D eigenvalue weighted by Crippen LogP contribution is -1.81. The van der Waals surface area contributed by atoms with E-state index >= 15 is 0 Å². The number of aromatic nitrogens is 1. The van der Waals surface area contributed by atoms with Crippen molar-refractivity contribution in [3.8, 4) is 11.3 Å². The van der Waals surface area contributed by atoms with Gasteiger partial charge >= 0.3 is 0 Å². The molecule has 0 spiro atoms. The molecule has 0 aliphatic carbocycles. The normalized spacial score (nSPS) is 11.0. The molecule has 0 fully saturated rings. The third kappa shape index (κ3) is 2.76. The van der Waals surface area contributed by atoms with Gasteiger partial charge in [0.25, 0.3) is 0 Å². The van der Waals surface area contributed by atoms with Crippen molar-refractivity contribution in [2.24, 2.45) is 0 Å². The van der Waals surface area contributed by atoms with Crippen LogP contribution in [0.15, 0.2) is 88.7 Å². The Bertz CT molecular complexity index is 960. The maximum absolute atomic E-state index is 13.5. The summed E-state index contributed by atoms with van der Waals surface area (Å²) in [5.74, 6) is -0.212. The van der Waals surface area contributed by atoms with Crippen molar-refractivity contribution >= 4 is 22.7 Å². The monoisotopic (exact) mass is 319 g/mol. The summed E-state index contributed by atoms with van der Waals surface area (Å²) >= 11 is 1.59. The summed E-state index contributed by atoms with van der Waals surface area (Å²) in [6, 6.07) is 25.2. The smallest absolute Gasteiger partial charge is 0.124 e. The summed E-state index contributed by atoms with van der Waals surface area (Å²) in [5, 5.41) is 1.15. The minimum atomic E-state index is -0.212. The number of rotatable bonds is 3.